The smallest absolute Gasteiger partial charge is 0.393 e. The van der Waals surface area contributed by atoms with Crippen LogP contribution in [-0.4, -0.2) is 72.1 Å². The Morgan fingerprint density at radius 2 is 0.854 bits per heavy atom. The van der Waals surface area contributed by atoms with Crippen LogP contribution in [0.3, 0.4) is 0 Å². The van der Waals surface area contributed by atoms with Gasteiger partial charge in [-0.3, -0.25) is 0 Å². The summed E-state index contributed by atoms with van der Waals surface area (Å²) in [6.45, 7) is 2.20. The molecule has 0 aromatic carbocycles. The maximum Gasteiger partial charge on any atom is 0.473 e. The number of halogens is 23. The SMILES string of the molecule is C=CC(=O)OC(F)(F)C(F)(F)C(F)(F)C(F)(F)C(F)(F)C(F)(F)C(F)(F)C(F)(F)C(F)CC(C(F)(F)F)C(F)(F)F. The van der Waals surface area contributed by atoms with Gasteiger partial charge in [0.15, 0.2) is 12.1 Å². The molecule has 1 unspecified atom stereocenters. The standard InChI is InChI=1S/C16H7F23O2/c1-2-6(40)41-16(38,39)15(36,37)14(34,35)13(32,33)12(30,31)11(28,29)10(26,27)7(18,19)5(17)3-4(8(20,21)22)9(23,24)25/h2,4-5H,1,3H2. The molecule has 0 aliphatic heterocycles. The summed E-state index contributed by atoms with van der Waals surface area (Å²) >= 11 is 0. The molecule has 0 heterocycles. The van der Waals surface area contributed by atoms with Crippen molar-refractivity contribution >= 4 is 5.97 Å². The molecule has 0 N–H and O–H groups in total. The Balaban J connectivity index is 6.92. The van der Waals surface area contributed by atoms with E-state index in [4.69, 9.17) is 0 Å². The highest BCUT2D eigenvalue weighted by Gasteiger charge is 2.96. The van der Waals surface area contributed by atoms with Crippen molar-refractivity contribution in [1.82, 2.24) is 0 Å². The predicted molar refractivity (Wildman–Crippen MR) is 81.0 cm³/mol. The van der Waals surface area contributed by atoms with Gasteiger partial charge in [-0.25, -0.2) is 9.18 Å². The number of esters is 1. The topological polar surface area (TPSA) is 26.3 Å². The van der Waals surface area contributed by atoms with E-state index in [1.54, 1.807) is 0 Å². The quantitative estimate of drug-likeness (QED) is 0.119. The molecule has 0 rings (SSSR count). The van der Waals surface area contributed by atoms with Gasteiger partial charge in [0.2, 0.25) is 0 Å². The van der Waals surface area contributed by atoms with Crippen LogP contribution in [0.15, 0.2) is 12.7 Å². The molecule has 1 atom stereocenters. The van der Waals surface area contributed by atoms with E-state index in [1.165, 1.54) is 0 Å². The minimum absolute atomic E-state index is 0.596. The van der Waals surface area contributed by atoms with Crippen LogP contribution in [0.4, 0.5) is 101 Å². The third-order valence-electron chi connectivity index (χ3n) is 4.78. The van der Waals surface area contributed by atoms with Crippen LogP contribution in [-0.2, 0) is 9.53 Å². The fourth-order valence-corrected chi connectivity index (χ4v) is 2.42. The van der Waals surface area contributed by atoms with E-state index in [0.717, 1.165) is 0 Å². The molecule has 2 nitrogen and oxygen atoms in total. The van der Waals surface area contributed by atoms with Crippen molar-refractivity contribution in [2.75, 3.05) is 0 Å². The molecule has 0 radical (unpaired) electrons. The summed E-state index contributed by atoms with van der Waals surface area (Å²) < 4.78 is 307. The summed E-state index contributed by atoms with van der Waals surface area (Å²) in [5, 5.41) is 0. The molecule has 0 amide bonds. The molecule has 0 aromatic heterocycles. The first-order valence-corrected chi connectivity index (χ1v) is 9.12. The molecule has 0 aliphatic carbocycles. The van der Waals surface area contributed by atoms with Gasteiger partial charge >= 0.3 is 65.9 Å². The molecule has 25 heteroatoms. The van der Waals surface area contributed by atoms with Gasteiger partial charge < -0.3 is 4.74 Å². The number of carbonyl (C=O) groups excluding carboxylic acids is 1. The first kappa shape index (κ1) is 38.6. The van der Waals surface area contributed by atoms with E-state index in [1.807, 2.05) is 0 Å². The van der Waals surface area contributed by atoms with Gasteiger partial charge in [0.05, 0.1) is 0 Å². The van der Waals surface area contributed by atoms with Gasteiger partial charge in [-0.15, -0.1) is 0 Å². The van der Waals surface area contributed by atoms with Crippen molar-refractivity contribution < 1.29 is 111 Å². The second kappa shape index (κ2) is 10.4. The highest BCUT2D eigenvalue weighted by Crippen LogP contribution is 2.64. The Morgan fingerprint density at radius 1 is 0.561 bits per heavy atom. The number of hydrogen-bond donors (Lipinski definition) is 0. The number of alkyl halides is 23. The Hall–Kier alpha value is -2.40. The molecule has 0 saturated heterocycles. The summed E-state index contributed by atoms with van der Waals surface area (Å²) in [6.07, 6.45) is -31.9. The summed E-state index contributed by atoms with van der Waals surface area (Å²) in [5.74, 6) is -69.7. The van der Waals surface area contributed by atoms with Crippen molar-refractivity contribution in [1.29, 1.82) is 0 Å². The first-order valence-electron chi connectivity index (χ1n) is 9.12. The number of hydrogen-bond acceptors (Lipinski definition) is 2. The fraction of sp³-hybridized carbons (Fsp3) is 0.812. The zero-order chi connectivity index (χ0) is 33.9. The molecule has 0 aromatic rings. The molecule has 244 valence electrons. The van der Waals surface area contributed by atoms with Gasteiger partial charge in [-0.2, -0.15) is 96.6 Å². The Morgan fingerprint density at radius 3 is 1.15 bits per heavy atom. The minimum atomic E-state index is -9.16. The summed E-state index contributed by atoms with van der Waals surface area (Å²) in [5.41, 5.74) is 0. The second-order valence-corrected chi connectivity index (χ2v) is 7.55. The molecule has 0 fully saturated rings. The lowest BCUT2D eigenvalue weighted by molar-refractivity contribution is -0.469. The fourth-order valence-electron chi connectivity index (χ4n) is 2.42. The molecule has 0 spiro atoms. The van der Waals surface area contributed by atoms with Crippen LogP contribution in [0.2, 0.25) is 0 Å². The van der Waals surface area contributed by atoms with Gasteiger partial charge in [0.1, 0.15) is 0 Å². The van der Waals surface area contributed by atoms with E-state index >= 15 is 0 Å². The van der Waals surface area contributed by atoms with Gasteiger partial charge in [-0.1, -0.05) is 6.58 Å². The third-order valence-corrected chi connectivity index (χ3v) is 4.78. The predicted octanol–water partition coefficient (Wildman–Crippen LogP) is 8.22. The highest BCUT2D eigenvalue weighted by molar-refractivity contribution is 5.81. The van der Waals surface area contributed by atoms with E-state index < -0.39 is 90.5 Å². The molecule has 41 heavy (non-hydrogen) atoms. The lowest BCUT2D eigenvalue weighted by Gasteiger charge is -2.43. The van der Waals surface area contributed by atoms with E-state index in [2.05, 4.69) is 11.3 Å². The number of carbonyl (C=O) groups is 1. The van der Waals surface area contributed by atoms with E-state index in [0.29, 0.717) is 0 Å². The average molecular weight is 668 g/mol. The van der Waals surface area contributed by atoms with Crippen molar-refractivity contribution in [2.45, 2.75) is 72.5 Å². The maximum absolute atomic E-state index is 13.7. The summed E-state index contributed by atoms with van der Waals surface area (Å²) in [4.78, 5) is 10.5. The van der Waals surface area contributed by atoms with Crippen molar-refractivity contribution in [2.24, 2.45) is 5.92 Å². The largest absolute Gasteiger partial charge is 0.473 e. The maximum atomic E-state index is 13.7. The molecule has 0 saturated carbocycles. The molecule has 0 aliphatic rings. The van der Waals surface area contributed by atoms with Crippen LogP contribution in [0.25, 0.3) is 0 Å². The van der Waals surface area contributed by atoms with Crippen LogP contribution in [0, 0.1) is 5.92 Å². The van der Waals surface area contributed by atoms with Crippen LogP contribution >= 0.6 is 0 Å². The van der Waals surface area contributed by atoms with Crippen molar-refractivity contribution in [3.05, 3.63) is 12.7 Å². The Labute approximate surface area is 209 Å². The zero-order valence-corrected chi connectivity index (χ0v) is 18.2. The molecular formula is C16H7F23O2. The Kier molecular flexibility index (Phi) is 9.79. The third kappa shape index (κ3) is 5.94. The lowest BCUT2D eigenvalue weighted by Crippen LogP contribution is -2.75. The molecule has 0 bridgehead atoms. The number of rotatable bonds is 12. The van der Waals surface area contributed by atoms with Gasteiger partial charge in [0, 0.05) is 12.5 Å². The molecular weight excluding hydrogens is 661 g/mol. The van der Waals surface area contributed by atoms with Gasteiger partial charge in [0.25, 0.3) is 0 Å². The van der Waals surface area contributed by atoms with E-state index in [9.17, 15) is 106 Å². The first-order chi connectivity index (χ1) is 17.5. The summed E-state index contributed by atoms with van der Waals surface area (Å²) in [6, 6.07) is 0. The van der Waals surface area contributed by atoms with Gasteiger partial charge in [-0.05, 0) is 0 Å². The van der Waals surface area contributed by atoms with Crippen molar-refractivity contribution in [3.63, 3.8) is 0 Å². The minimum Gasteiger partial charge on any atom is -0.393 e. The number of ether oxygens (including phenoxy) is 1. The van der Waals surface area contributed by atoms with Crippen LogP contribution < -0.4 is 0 Å². The normalized spacial score (nSPS) is 16.6. The van der Waals surface area contributed by atoms with Crippen LogP contribution in [0.5, 0.6) is 0 Å². The van der Waals surface area contributed by atoms with Crippen LogP contribution in [0.1, 0.15) is 6.42 Å². The second-order valence-electron chi connectivity index (χ2n) is 7.55. The zero-order valence-electron chi connectivity index (χ0n) is 18.2. The monoisotopic (exact) mass is 668 g/mol. The summed E-state index contributed by atoms with van der Waals surface area (Å²) in [7, 11) is 0. The average Bonchev–Trinajstić information content (AvgIpc) is 2.73. The lowest BCUT2D eigenvalue weighted by atomic mass is 9.86. The highest BCUT2D eigenvalue weighted by atomic mass is 19.4. The van der Waals surface area contributed by atoms with Crippen molar-refractivity contribution in [3.8, 4) is 0 Å². The van der Waals surface area contributed by atoms with E-state index in [-0.39, 0.29) is 0 Å². The Bertz CT molecular complexity index is 944.